The minimum absolute atomic E-state index is 0.131. The van der Waals surface area contributed by atoms with Crippen LogP contribution in [0.1, 0.15) is 21.5 Å². The first-order valence-corrected chi connectivity index (χ1v) is 7.26. The van der Waals surface area contributed by atoms with E-state index in [1.54, 1.807) is 22.9 Å². The number of carboxylic acid groups (broad SMARTS) is 1. The smallest absolute Gasteiger partial charge is 0.317 e. The Morgan fingerprint density at radius 3 is 2.55 bits per heavy atom. The van der Waals surface area contributed by atoms with E-state index in [9.17, 15) is 14.7 Å². The van der Waals surface area contributed by atoms with Gasteiger partial charge in [0.05, 0.1) is 18.7 Å². The van der Waals surface area contributed by atoms with Gasteiger partial charge in [0.25, 0.3) is 5.91 Å². The summed E-state index contributed by atoms with van der Waals surface area (Å²) in [5.74, 6) is -1.08. The molecule has 22 heavy (non-hydrogen) atoms. The Morgan fingerprint density at radius 2 is 1.95 bits per heavy atom. The molecule has 1 aliphatic heterocycles. The van der Waals surface area contributed by atoms with Crippen LogP contribution >= 0.6 is 0 Å². The molecule has 1 aromatic rings. The molecule has 1 unspecified atom stereocenters. The Morgan fingerprint density at radius 1 is 1.27 bits per heavy atom. The molecule has 2 rings (SSSR count). The molecule has 1 aliphatic rings. The molecule has 1 saturated heterocycles. The lowest BCUT2D eigenvalue weighted by atomic mass is 10.1. The number of carbonyl (C=O) groups excluding carboxylic acids is 1. The fraction of sp³-hybridized carbons (Fsp3) is 0.500. The molecule has 0 radical (unpaired) electrons. The van der Waals surface area contributed by atoms with Gasteiger partial charge >= 0.3 is 5.97 Å². The van der Waals surface area contributed by atoms with Gasteiger partial charge in [-0.3, -0.25) is 14.5 Å². The molecule has 6 heteroatoms. The number of carboxylic acids is 1. The maximum atomic E-state index is 12.5. The number of aliphatic hydroxyl groups excluding tert-OH is 1. The summed E-state index contributed by atoms with van der Waals surface area (Å²) in [5.41, 5.74) is 2.76. The van der Waals surface area contributed by atoms with Crippen LogP contribution in [0.5, 0.6) is 0 Å². The highest BCUT2D eigenvalue weighted by molar-refractivity contribution is 5.94. The number of aliphatic hydroxyl groups is 1. The predicted molar refractivity (Wildman–Crippen MR) is 81.9 cm³/mol. The third-order valence-corrected chi connectivity index (χ3v) is 4.25. The van der Waals surface area contributed by atoms with Gasteiger partial charge in [0.1, 0.15) is 0 Å². The van der Waals surface area contributed by atoms with Crippen LogP contribution in [-0.4, -0.2) is 70.7 Å². The van der Waals surface area contributed by atoms with Crippen molar-refractivity contribution in [1.29, 1.82) is 0 Å². The molecule has 1 aromatic carbocycles. The first-order chi connectivity index (χ1) is 10.3. The van der Waals surface area contributed by atoms with Crippen LogP contribution < -0.4 is 0 Å². The lowest BCUT2D eigenvalue weighted by Gasteiger charge is -2.24. The van der Waals surface area contributed by atoms with E-state index >= 15 is 0 Å². The highest BCUT2D eigenvalue weighted by atomic mass is 16.4. The number of hydrogen-bond donors (Lipinski definition) is 2. The van der Waals surface area contributed by atoms with Crippen LogP contribution in [0, 0.1) is 13.8 Å². The molecule has 0 bridgehead atoms. The normalized spacial score (nSPS) is 21.4. The number of β-amino-alcohol motifs (C(OH)–C–C–N with tert-alkyl or cyclic N) is 1. The van der Waals surface area contributed by atoms with Crippen molar-refractivity contribution in [2.45, 2.75) is 26.0 Å². The Labute approximate surface area is 130 Å². The Balaban J connectivity index is 2.09. The summed E-state index contributed by atoms with van der Waals surface area (Å²) in [5, 5.41) is 18.9. The zero-order valence-electron chi connectivity index (χ0n) is 13.1. The quantitative estimate of drug-likeness (QED) is 0.847. The van der Waals surface area contributed by atoms with Crippen molar-refractivity contribution < 1.29 is 19.8 Å². The molecule has 2 N–H and O–H groups in total. The molecular formula is C16H22N2O4. The van der Waals surface area contributed by atoms with Crippen molar-refractivity contribution in [2.75, 3.05) is 26.7 Å². The zero-order valence-corrected chi connectivity index (χ0v) is 13.1. The van der Waals surface area contributed by atoms with Gasteiger partial charge in [-0.15, -0.1) is 0 Å². The SMILES string of the molecule is Cc1ccc(C(=O)N2CC(N(C)CC(=O)O)[C@H](O)C2)cc1C. The number of likely N-dealkylation sites (N-methyl/N-ethyl adjacent to an activating group) is 1. The first kappa shape index (κ1) is 16.5. The van der Waals surface area contributed by atoms with Crippen molar-refractivity contribution in [1.82, 2.24) is 9.80 Å². The standard InChI is InChI=1S/C16H22N2O4/c1-10-4-5-12(6-11(10)2)16(22)18-7-13(14(19)8-18)17(3)9-15(20)21/h4-6,13-14,19H,7-9H2,1-3H3,(H,20,21)/t13?,14-/m1/s1. The summed E-state index contributed by atoms with van der Waals surface area (Å²) < 4.78 is 0. The molecule has 2 atom stereocenters. The van der Waals surface area contributed by atoms with Gasteiger partial charge in [0.15, 0.2) is 0 Å². The second kappa shape index (κ2) is 6.46. The molecular weight excluding hydrogens is 284 g/mol. The van der Waals surface area contributed by atoms with E-state index in [2.05, 4.69) is 0 Å². The average Bonchev–Trinajstić information content (AvgIpc) is 2.82. The second-order valence-electron chi connectivity index (χ2n) is 5.95. The van der Waals surface area contributed by atoms with E-state index in [0.29, 0.717) is 12.1 Å². The molecule has 0 spiro atoms. The summed E-state index contributed by atoms with van der Waals surface area (Å²) in [6.45, 7) is 4.33. The maximum absolute atomic E-state index is 12.5. The summed E-state index contributed by atoms with van der Waals surface area (Å²) in [7, 11) is 1.64. The number of benzene rings is 1. The molecule has 120 valence electrons. The summed E-state index contributed by atoms with van der Waals surface area (Å²) in [4.78, 5) is 26.5. The molecule has 1 amide bonds. The molecule has 6 nitrogen and oxygen atoms in total. The second-order valence-corrected chi connectivity index (χ2v) is 5.95. The minimum Gasteiger partial charge on any atom is -0.480 e. The van der Waals surface area contributed by atoms with Gasteiger partial charge in [0.2, 0.25) is 0 Å². The number of carbonyl (C=O) groups is 2. The number of amides is 1. The number of hydrogen-bond acceptors (Lipinski definition) is 4. The zero-order chi connectivity index (χ0) is 16.4. The third kappa shape index (κ3) is 3.45. The molecule has 0 aromatic heterocycles. The third-order valence-electron chi connectivity index (χ3n) is 4.25. The van der Waals surface area contributed by atoms with E-state index < -0.39 is 12.1 Å². The molecule has 1 heterocycles. The van der Waals surface area contributed by atoms with E-state index in [4.69, 9.17) is 5.11 Å². The highest BCUT2D eigenvalue weighted by Gasteiger charge is 2.37. The maximum Gasteiger partial charge on any atom is 0.317 e. The monoisotopic (exact) mass is 306 g/mol. The number of rotatable bonds is 4. The molecule has 1 fully saturated rings. The van der Waals surface area contributed by atoms with Gasteiger partial charge in [-0.05, 0) is 44.2 Å². The van der Waals surface area contributed by atoms with E-state index in [-0.39, 0.29) is 25.0 Å². The Bertz CT molecular complexity index is 588. The fourth-order valence-electron chi connectivity index (χ4n) is 2.76. The number of likely N-dealkylation sites (tertiary alicyclic amines) is 1. The molecule has 0 aliphatic carbocycles. The first-order valence-electron chi connectivity index (χ1n) is 7.26. The van der Waals surface area contributed by atoms with Crippen molar-refractivity contribution in [3.63, 3.8) is 0 Å². The number of aliphatic carboxylic acids is 1. The summed E-state index contributed by atoms with van der Waals surface area (Å²) >= 11 is 0. The summed E-state index contributed by atoms with van der Waals surface area (Å²) in [6.07, 6.45) is -0.736. The van der Waals surface area contributed by atoms with Crippen LogP contribution in [0.4, 0.5) is 0 Å². The lowest BCUT2D eigenvalue weighted by Crippen LogP contribution is -2.43. The van der Waals surface area contributed by atoms with Crippen molar-refractivity contribution in [2.24, 2.45) is 0 Å². The van der Waals surface area contributed by atoms with Gasteiger partial charge in [-0.25, -0.2) is 0 Å². The Kier molecular flexibility index (Phi) is 4.83. The lowest BCUT2D eigenvalue weighted by molar-refractivity contribution is -0.138. The van der Waals surface area contributed by atoms with Gasteiger partial charge in [-0.2, -0.15) is 0 Å². The number of aryl methyl sites for hydroxylation is 2. The predicted octanol–water partition coefficient (Wildman–Crippen LogP) is 0.505. The van der Waals surface area contributed by atoms with Crippen LogP contribution in [0.15, 0.2) is 18.2 Å². The average molecular weight is 306 g/mol. The van der Waals surface area contributed by atoms with Crippen LogP contribution in [0.25, 0.3) is 0 Å². The van der Waals surface area contributed by atoms with Gasteiger partial charge in [-0.1, -0.05) is 6.07 Å². The van der Waals surface area contributed by atoms with Crippen LogP contribution in [0.2, 0.25) is 0 Å². The van der Waals surface area contributed by atoms with E-state index in [1.807, 2.05) is 26.0 Å². The van der Waals surface area contributed by atoms with Gasteiger partial charge < -0.3 is 15.1 Å². The largest absolute Gasteiger partial charge is 0.480 e. The number of nitrogens with zero attached hydrogens (tertiary/aromatic N) is 2. The summed E-state index contributed by atoms with van der Waals surface area (Å²) in [6, 6.07) is 5.18. The van der Waals surface area contributed by atoms with Crippen LogP contribution in [0.3, 0.4) is 0 Å². The van der Waals surface area contributed by atoms with E-state index in [1.165, 1.54) is 0 Å². The van der Waals surface area contributed by atoms with Crippen molar-refractivity contribution in [3.8, 4) is 0 Å². The van der Waals surface area contributed by atoms with Gasteiger partial charge in [0, 0.05) is 18.7 Å². The topological polar surface area (TPSA) is 81.1 Å². The van der Waals surface area contributed by atoms with Crippen LogP contribution in [-0.2, 0) is 4.79 Å². The Hall–Kier alpha value is -1.92. The van der Waals surface area contributed by atoms with E-state index in [0.717, 1.165) is 11.1 Å². The van der Waals surface area contributed by atoms with Crippen molar-refractivity contribution in [3.05, 3.63) is 34.9 Å². The van der Waals surface area contributed by atoms with Crippen molar-refractivity contribution >= 4 is 11.9 Å². The highest BCUT2D eigenvalue weighted by Crippen LogP contribution is 2.19. The molecule has 0 saturated carbocycles. The minimum atomic E-state index is -0.950. The fourth-order valence-corrected chi connectivity index (χ4v) is 2.76.